The third kappa shape index (κ3) is 5.07. The average molecular weight is 655 g/mol. The summed E-state index contributed by atoms with van der Waals surface area (Å²) in [5, 5.41) is 8.57. The van der Waals surface area contributed by atoms with E-state index >= 15 is 0 Å². The molecule has 2 atom stereocenters. The number of carbonyl (C=O) groups is 1. The van der Waals surface area contributed by atoms with Gasteiger partial charge in [0.1, 0.15) is 16.4 Å². The van der Waals surface area contributed by atoms with Crippen LogP contribution in [0, 0.1) is 11.2 Å². The van der Waals surface area contributed by atoms with Crippen LogP contribution in [0.1, 0.15) is 65.8 Å². The molecule has 46 heavy (non-hydrogen) atoms. The number of rotatable bonds is 7. The van der Waals surface area contributed by atoms with E-state index in [1.54, 1.807) is 30.1 Å². The number of hydrogen-bond acceptors (Lipinski definition) is 6. The molecule has 14 heteroatoms. The molecule has 0 radical (unpaired) electrons. The summed E-state index contributed by atoms with van der Waals surface area (Å²) in [4.78, 5) is 18.7. The van der Waals surface area contributed by atoms with Crippen LogP contribution in [0.4, 0.5) is 17.6 Å². The molecule has 1 aromatic carbocycles. The van der Waals surface area contributed by atoms with Gasteiger partial charge in [0, 0.05) is 31.5 Å². The molecule has 0 N–H and O–H groups in total. The fourth-order valence-corrected chi connectivity index (χ4v) is 8.94. The number of Topliss-reactive ketones (excluding diaryl/α,β-unsaturated/α-hetero) is 1. The number of aromatic nitrogens is 5. The maximum absolute atomic E-state index is 14.6. The molecule has 0 spiro atoms. The van der Waals surface area contributed by atoms with Crippen molar-refractivity contribution in [2.45, 2.75) is 68.1 Å². The number of fused-ring (bicyclic) bond motifs is 2. The monoisotopic (exact) mass is 654 g/mol. The Morgan fingerprint density at radius 3 is 2.46 bits per heavy atom. The van der Waals surface area contributed by atoms with Gasteiger partial charge in [-0.25, -0.2) is 17.5 Å². The molecular formula is C32H30F4N6O3S. The van der Waals surface area contributed by atoms with Gasteiger partial charge in [-0.1, -0.05) is 12.0 Å². The maximum atomic E-state index is 14.6. The molecule has 0 aliphatic heterocycles. The van der Waals surface area contributed by atoms with Crippen molar-refractivity contribution in [3.63, 3.8) is 0 Å². The summed E-state index contributed by atoms with van der Waals surface area (Å²) >= 11 is 0. The summed E-state index contributed by atoms with van der Waals surface area (Å²) in [5.74, 6) is -1.00. The predicted octanol–water partition coefficient (Wildman–Crippen LogP) is 5.76. The van der Waals surface area contributed by atoms with E-state index in [1.807, 2.05) is 6.08 Å². The Kier molecular flexibility index (Phi) is 7.27. The first-order valence-corrected chi connectivity index (χ1v) is 16.4. The number of benzene rings is 1. The van der Waals surface area contributed by atoms with Crippen molar-refractivity contribution in [2.75, 3.05) is 0 Å². The third-order valence-electron chi connectivity index (χ3n) is 9.51. The summed E-state index contributed by atoms with van der Waals surface area (Å²) in [6.45, 7) is 0. The summed E-state index contributed by atoms with van der Waals surface area (Å²) in [7, 11) is -2.38. The van der Waals surface area contributed by atoms with Gasteiger partial charge in [-0.3, -0.25) is 14.5 Å². The SMILES string of the molecule is Cn1cc(S(=O)(=O)N(C2CCC2)[C@H]2CCC3=Cc4c(cnn4-c4ccc(F)cc4)C[C@]3(C(=O)c3cc(C(F)(F)F)ccn3)C2)cn1. The van der Waals surface area contributed by atoms with Gasteiger partial charge in [-0.05, 0) is 86.6 Å². The van der Waals surface area contributed by atoms with E-state index in [2.05, 4.69) is 15.2 Å². The Bertz CT molecular complexity index is 1960. The summed E-state index contributed by atoms with van der Waals surface area (Å²) in [6.07, 6.45) is 5.57. The topological polar surface area (TPSA) is 103 Å². The number of ketones is 1. The molecule has 2 fully saturated rings. The minimum atomic E-state index is -4.68. The van der Waals surface area contributed by atoms with E-state index < -0.39 is 44.8 Å². The molecule has 240 valence electrons. The molecule has 0 bridgehead atoms. The average Bonchev–Trinajstić information content (AvgIpc) is 3.63. The molecule has 3 aromatic heterocycles. The number of aryl methyl sites for hydroxylation is 1. The Balaban J connectivity index is 1.34. The van der Waals surface area contributed by atoms with Crippen molar-refractivity contribution in [1.29, 1.82) is 0 Å². The van der Waals surface area contributed by atoms with Crippen LogP contribution in [-0.4, -0.2) is 55.1 Å². The van der Waals surface area contributed by atoms with Gasteiger partial charge in [0.15, 0.2) is 5.78 Å². The van der Waals surface area contributed by atoms with Gasteiger partial charge in [0.25, 0.3) is 0 Å². The predicted molar refractivity (Wildman–Crippen MR) is 159 cm³/mol. The summed E-state index contributed by atoms with van der Waals surface area (Å²) in [5.41, 5.74) is -0.0614. The lowest BCUT2D eigenvalue weighted by molar-refractivity contribution is -0.137. The van der Waals surface area contributed by atoms with Gasteiger partial charge in [-0.15, -0.1) is 0 Å². The number of pyridine rings is 1. The van der Waals surface area contributed by atoms with E-state index in [0.717, 1.165) is 24.8 Å². The molecule has 3 aliphatic rings. The van der Waals surface area contributed by atoms with Crippen LogP contribution in [0.25, 0.3) is 11.8 Å². The highest BCUT2D eigenvalue weighted by atomic mass is 32.2. The van der Waals surface area contributed by atoms with Gasteiger partial charge in [-0.2, -0.15) is 27.7 Å². The Labute approximate surface area is 262 Å². The quantitative estimate of drug-likeness (QED) is 0.186. The number of nitrogens with zero attached hydrogens (tertiary/aromatic N) is 6. The molecule has 7 rings (SSSR count). The van der Waals surface area contributed by atoms with Crippen molar-refractivity contribution in [1.82, 2.24) is 28.9 Å². The lowest BCUT2D eigenvalue weighted by Gasteiger charge is -2.49. The van der Waals surface area contributed by atoms with Crippen LogP contribution in [0.3, 0.4) is 0 Å². The Morgan fingerprint density at radius 2 is 1.80 bits per heavy atom. The van der Waals surface area contributed by atoms with Gasteiger partial charge in [0.05, 0.1) is 34.8 Å². The van der Waals surface area contributed by atoms with E-state index in [0.29, 0.717) is 48.2 Å². The zero-order valence-corrected chi connectivity index (χ0v) is 25.6. The highest BCUT2D eigenvalue weighted by molar-refractivity contribution is 7.89. The van der Waals surface area contributed by atoms with Gasteiger partial charge >= 0.3 is 6.18 Å². The lowest BCUT2D eigenvalue weighted by Crippen LogP contribution is -2.55. The second-order valence-electron chi connectivity index (χ2n) is 12.3. The van der Waals surface area contributed by atoms with Crippen LogP contribution in [-0.2, 0) is 29.7 Å². The van der Waals surface area contributed by atoms with Crippen LogP contribution in [0.5, 0.6) is 0 Å². The molecule has 9 nitrogen and oxygen atoms in total. The van der Waals surface area contributed by atoms with Gasteiger partial charge < -0.3 is 0 Å². The fraction of sp³-hybridized carbons (Fsp3) is 0.375. The van der Waals surface area contributed by atoms with E-state index in [9.17, 15) is 30.8 Å². The van der Waals surface area contributed by atoms with Crippen molar-refractivity contribution >= 4 is 21.9 Å². The maximum Gasteiger partial charge on any atom is 0.416 e. The van der Waals surface area contributed by atoms with Crippen LogP contribution in [0.2, 0.25) is 0 Å². The number of hydrogen-bond donors (Lipinski definition) is 0. The zero-order valence-electron chi connectivity index (χ0n) is 24.8. The van der Waals surface area contributed by atoms with E-state index in [-0.39, 0.29) is 29.5 Å². The minimum absolute atomic E-state index is 0.0506. The summed E-state index contributed by atoms with van der Waals surface area (Å²) < 4.78 is 87.6. The molecule has 0 unspecified atom stereocenters. The number of carbonyl (C=O) groups excluding carboxylic acids is 1. The molecular weight excluding hydrogens is 624 g/mol. The number of sulfonamides is 1. The normalized spacial score (nSPS) is 21.8. The first-order valence-electron chi connectivity index (χ1n) is 15.0. The van der Waals surface area contributed by atoms with E-state index in [4.69, 9.17) is 0 Å². The second-order valence-corrected chi connectivity index (χ2v) is 14.1. The lowest BCUT2D eigenvalue weighted by atomic mass is 9.60. The molecule has 0 amide bonds. The number of alkyl halides is 3. The van der Waals surface area contributed by atoms with Gasteiger partial charge in [0.2, 0.25) is 10.0 Å². The highest BCUT2D eigenvalue weighted by Crippen LogP contribution is 2.52. The van der Waals surface area contributed by atoms with Crippen molar-refractivity contribution in [2.24, 2.45) is 12.5 Å². The number of halogens is 4. The first-order chi connectivity index (χ1) is 21.9. The number of allylic oxidation sites excluding steroid dienone is 1. The molecule has 3 heterocycles. The van der Waals surface area contributed by atoms with Crippen molar-refractivity contribution in [3.8, 4) is 5.69 Å². The Morgan fingerprint density at radius 1 is 1.04 bits per heavy atom. The smallest absolute Gasteiger partial charge is 0.291 e. The third-order valence-corrected chi connectivity index (χ3v) is 11.5. The standard InChI is InChI=1S/C32H30F4N6O3S/c1-40-19-27(18-38-40)46(44,45)42(25-3-2-4-25)26-8-5-21-14-29-20(17-39-41(29)24-9-6-23(33)7-10-24)15-31(21,16-26)30(43)28-13-22(11-12-37-28)32(34,35)36/h6-7,9-14,17-19,25-26H,2-5,8,15-16H2,1H3/t26-,31-/m0/s1. The molecule has 2 saturated carbocycles. The van der Waals surface area contributed by atoms with Crippen LogP contribution >= 0.6 is 0 Å². The Hall–Kier alpha value is -4.17. The minimum Gasteiger partial charge on any atom is -0.291 e. The highest BCUT2D eigenvalue weighted by Gasteiger charge is 2.53. The second kappa shape index (κ2) is 11.0. The molecule has 0 saturated heterocycles. The van der Waals surface area contributed by atoms with E-state index in [1.165, 1.54) is 33.5 Å². The first kappa shape index (κ1) is 30.5. The largest absolute Gasteiger partial charge is 0.416 e. The van der Waals surface area contributed by atoms with Crippen molar-refractivity contribution in [3.05, 3.63) is 95.1 Å². The van der Waals surface area contributed by atoms with Crippen LogP contribution in [0.15, 0.2) is 71.7 Å². The summed E-state index contributed by atoms with van der Waals surface area (Å²) in [6, 6.07) is 6.52. The fourth-order valence-electron chi connectivity index (χ4n) is 7.05. The zero-order chi connectivity index (χ0) is 32.4. The van der Waals surface area contributed by atoms with Crippen LogP contribution < -0.4 is 0 Å². The van der Waals surface area contributed by atoms with Crippen molar-refractivity contribution < 1.29 is 30.8 Å². The molecule has 3 aliphatic carbocycles. The molecule has 4 aromatic rings.